The van der Waals surface area contributed by atoms with Crippen LogP contribution in [0.3, 0.4) is 0 Å². The lowest BCUT2D eigenvalue weighted by atomic mass is 10.1. The molecule has 0 spiro atoms. The van der Waals surface area contributed by atoms with Crippen molar-refractivity contribution in [2.24, 2.45) is 0 Å². The van der Waals surface area contributed by atoms with E-state index in [1.165, 1.54) is 26.0 Å². The van der Waals surface area contributed by atoms with Crippen molar-refractivity contribution in [1.29, 1.82) is 0 Å². The number of carbonyl (C=O) groups is 2. The van der Waals surface area contributed by atoms with Crippen LogP contribution in [0.5, 0.6) is 0 Å². The summed E-state index contributed by atoms with van der Waals surface area (Å²) in [6, 6.07) is 1.91. The third-order valence-electron chi connectivity index (χ3n) is 2.69. The molecule has 1 rings (SSSR count). The second-order valence-electron chi connectivity index (χ2n) is 5.06. The van der Waals surface area contributed by atoms with Crippen molar-refractivity contribution in [2.75, 3.05) is 5.73 Å². The number of benzene rings is 1. The quantitative estimate of drug-likeness (QED) is 0.729. The van der Waals surface area contributed by atoms with Gasteiger partial charge in [-0.25, -0.2) is 4.39 Å². The predicted molar refractivity (Wildman–Crippen MR) is 75.8 cm³/mol. The molecular weight excluding hydrogens is 261 g/mol. The molecule has 20 heavy (non-hydrogen) atoms. The van der Waals surface area contributed by atoms with Crippen LogP contribution in [0.15, 0.2) is 12.1 Å². The number of amides is 2. The van der Waals surface area contributed by atoms with Crippen molar-refractivity contribution < 1.29 is 14.0 Å². The number of nitrogens with two attached hydrogens (primary N) is 1. The molecule has 4 N–H and O–H groups in total. The van der Waals surface area contributed by atoms with Gasteiger partial charge < -0.3 is 16.4 Å². The monoisotopic (exact) mass is 281 g/mol. The fourth-order valence-electron chi connectivity index (χ4n) is 1.71. The maximum absolute atomic E-state index is 13.9. The maximum Gasteiger partial charge on any atom is 0.254 e. The largest absolute Gasteiger partial charge is 0.399 e. The normalized spacial score (nSPS) is 12.1. The Morgan fingerprint density at radius 2 is 1.80 bits per heavy atom. The zero-order chi connectivity index (χ0) is 15.4. The first-order chi connectivity index (χ1) is 9.22. The lowest BCUT2D eigenvalue weighted by Crippen LogP contribution is -2.47. The van der Waals surface area contributed by atoms with E-state index in [1.54, 1.807) is 0 Å². The summed E-state index contributed by atoms with van der Waals surface area (Å²) in [6.07, 6.45) is 0. The van der Waals surface area contributed by atoms with Crippen LogP contribution >= 0.6 is 0 Å². The highest BCUT2D eigenvalue weighted by Gasteiger charge is 2.20. The fourth-order valence-corrected chi connectivity index (χ4v) is 1.71. The molecule has 2 amide bonds. The molecule has 0 heterocycles. The van der Waals surface area contributed by atoms with E-state index in [2.05, 4.69) is 10.6 Å². The molecule has 1 aromatic carbocycles. The third kappa shape index (κ3) is 3.94. The number of carbonyl (C=O) groups excluding carboxylic acids is 2. The Hall–Kier alpha value is -2.11. The lowest BCUT2D eigenvalue weighted by molar-refractivity contribution is -0.123. The van der Waals surface area contributed by atoms with E-state index in [1.807, 2.05) is 13.8 Å². The predicted octanol–water partition coefficient (Wildman–Crippen LogP) is 1.36. The average molecular weight is 281 g/mol. The van der Waals surface area contributed by atoms with Crippen molar-refractivity contribution in [2.45, 2.75) is 39.8 Å². The van der Waals surface area contributed by atoms with Gasteiger partial charge in [-0.3, -0.25) is 9.59 Å². The molecule has 5 nitrogen and oxygen atoms in total. The summed E-state index contributed by atoms with van der Waals surface area (Å²) >= 11 is 0. The third-order valence-corrected chi connectivity index (χ3v) is 2.69. The van der Waals surface area contributed by atoms with E-state index in [0.29, 0.717) is 5.69 Å². The molecule has 1 unspecified atom stereocenters. The Morgan fingerprint density at radius 1 is 1.20 bits per heavy atom. The first kappa shape index (κ1) is 15.9. The number of hydrogen-bond acceptors (Lipinski definition) is 3. The molecule has 0 aromatic heterocycles. The van der Waals surface area contributed by atoms with E-state index in [4.69, 9.17) is 5.73 Å². The lowest BCUT2D eigenvalue weighted by Gasteiger charge is -2.16. The first-order valence-corrected chi connectivity index (χ1v) is 6.39. The highest BCUT2D eigenvalue weighted by molar-refractivity contribution is 5.98. The Balaban J connectivity index is 2.84. The van der Waals surface area contributed by atoms with Gasteiger partial charge in [0.05, 0.1) is 5.56 Å². The van der Waals surface area contributed by atoms with Crippen LogP contribution < -0.4 is 16.4 Å². The van der Waals surface area contributed by atoms with Crippen molar-refractivity contribution in [3.8, 4) is 0 Å². The van der Waals surface area contributed by atoms with Gasteiger partial charge in [0, 0.05) is 11.7 Å². The van der Waals surface area contributed by atoms with E-state index >= 15 is 0 Å². The van der Waals surface area contributed by atoms with Crippen LogP contribution in [0.2, 0.25) is 0 Å². The molecule has 0 radical (unpaired) electrons. The highest BCUT2D eigenvalue weighted by atomic mass is 19.1. The molecule has 0 saturated carbocycles. The second kappa shape index (κ2) is 6.36. The molecule has 0 fully saturated rings. The molecule has 6 heteroatoms. The summed E-state index contributed by atoms with van der Waals surface area (Å²) in [5.41, 5.74) is 6.02. The number of anilines is 1. The summed E-state index contributed by atoms with van der Waals surface area (Å²) in [7, 11) is 0. The minimum absolute atomic E-state index is 0.0341. The number of nitrogens with one attached hydrogen (secondary N) is 2. The molecule has 0 aliphatic carbocycles. The molecule has 1 atom stereocenters. The van der Waals surface area contributed by atoms with E-state index < -0.39 is 17.8 Å². The maximum atomic E-state index is 13.9. The van der Waals surface area contributed by atoms with Gasteiger partial charge in [-0.15, -0.1) is 0 Å². The van der Waals surface area contributed by atoms with Gasteiger partial charge in [-0.05, 0) is 45.4 Å². The van der Waals surface area contributed by atoms with Crippen LogP contribution in [-0.2, 0) is 4.79 Å². The zero-order valence-electron chi connectivity index (χ0n) is 12.1. The average Bonchev–Trinajstić information content (AvgIpc) is 2.32. The van der Waals surface area contributed by atoms with Gasteiger partial charge in [0.1, 0.15) is 11.9 Å². The molecule has 0 saturated heterocycles. The van der Waals surface area contributed by atoms with Gasteiger partial charge >= 0.3 is 0 Å². The topological polar surface area (TPSA) is 84.2 Å². The van der Waals surface area contributed by atoms with Crippen LogP contribution in [0.1, 0.15) is 36.7 Å². The van der Waals surface area contributed by atoms with Crippen LogP contribution in [0, 0.1) is 12.7 Å². The van der Waals surface area contributed by atoms with E-state index in [-0.39, 0.29) is 23.1 Å². The Morgan fingerprint density at radius 3 is 2.35 bits per heavy atom. The first-order valence-electron chi connectivity index (χ1n) is 6.39. The summed E-state index contributed by atoms with van der Waals surface area (Å²) in [5.74, 6) is -1.62. The number of aryl methyl sites for hydroxylation is 1. The highest BCUT2D eigenvalue weighted by Crippen LogP contribution is 2.17. The van der Waals surface area contributed by atoms with Gasteiger partial charge in [-0.1, -0.05) is 0 Å². The molecule has 0 aliphatic heterocycles. The molecule has 0 bridgehead atoms. The van der Waals surface area contributed by atoms with Gasteiger partial charge in [-0.2, -0.15) is 0 Å². The van der Waals surface area contributed by atoms with Crippen molar-refractivity contribution in [3.05, 3.63) is 29.1 Å². The number of halogens is 1. The summed E-state index contributed by atoms with van der Waals surface area (Å²) in [6.45, 7) is 6.69. The molecule has 110 valence electrons. The van der Waals surface area contributed by atoms with Crippen molar-refractivity contribution in [1.82, 2.24) is 10.6 Å². The zero-order valence-corrected chi connectivity index (χ0v) is 12.1. The van der Waals surface area contributed by atoms with Gasteiger partial charge in [0.2, 0.25) is 5.91 Å². The van der Waals surface area contributed by atoms with Crippen LogP contribution in [0.25, 0.3) is 0 Å². The Bertz CT molecular complexity index is 529. The van der Waals surface area contributed by atoms with Crippen LogP contribution in [0.4, 0.5) is 10.1 Å². The summed E-state index contributed by atoms with van der Waals surface area (Å²) in [5, 5.41) is 5.11. The Kier molecular flexibility index (Phi) is 5.07. The second-order valence-corrected chi connectivity index (χ2v) is 5.06. The van der Waals surface area contributed by atoms with Crippen molar-refractivity contribution >= 4 is 17.5 Å². The van der Waals surface area contributed by atoms with Gasteiger partial charge in [0.25, 0.3) is 5.91 Å². The van der Waals surface area contributed by atoms with Crippen LogP contribution in [-0.4, -0.2) is 23.9 Å². The Labute approximate surface area is 117 Å². The van der Waals surface area contributed by atoms with Gasteiger partial charge in [0.15, 0.2) is 0 Å². The van der Waals surface area contributed by atoms with Crippen molar-refractivity contribution in [3.63, 3.8) is 0 Å². The number of nitrogen functional groups attached to an aromatic ring is 1. The number of rotatable bonds is 4. The number of hydrogen-bond donors (Lipinski definition) is 3. The standard InChI is InChI=1S/C14H20FN3O2/c1-7(2)17-13(19)9(4)18-14(20)11-6-10(16)5-8(3)12(11)15/h5-7,9H,16H2,1-4H3,(H,17,19)(H,18,20). The summed E-state index contributed by atoms with van der Waals surface area (Å²) < 4.78 is 13.9. The molecular formula is C14H20FN3O2. The minimum Gasteiger partial charge on any atom is -0.399 e. The summed E-state index contributed by atoms with van der Waals surface area (Å²) in [4.78, 5) is 23.7. The molecule has 0 aliphatic rings. The SMILES string of the molecule is Cc1cc(N)cc(C(=O)NC(C)C(=O)NC(C)C)c1F. The smallest absolute Gasteiger partial charge is 0.254 e. The van der Waals surface area contributed by atoms with E-state index in [9.17, 15) is 14.0 Å². The minimum atomic E-state index is -0.758. The fraction of sp³-hybridized carbons (Fsp3) is 0.429. The molecule has 1 aromatic rings. The van der Waals surface area contributed by atoms with E-state index in [0.717, 1.165) is 0 Å².